The zero-order valence-electron chi connectivity index (χ0n) is 8.17. The van der Waals surface area contributed by atoms with Crippen molar-refractivity contribution in [2.24, 2.45) is 0 Å². The molecule has 0 saturated heterocycles. The van der Waals surface area contributed by atoms with Crippen LogP contribution in [0, 0.1) is 0 Å². The number of hydrogen-bond donors (Lipinski definition) is 1. The summed E-state index contributed by atoms with van der Waals surface area (Å²) in [5, 5.41) is 2.88. The molecule has 1 aliphatic rings. The van der Waals surface area contributed by atoms with E-state index in [2.05, 4.69) is 23.7 Å². The molecule has 1 aromatic rings. The Balaban J connectivity index is 2.26. The number of thioether (sulfide) groups is 1. The van der Waals surface area contributed by atoms with Crippen LogP contribution in [0.3, 0.4) is 0 Å². The Morgan fingerprint density at radius 3 is 3.07 bits per heavy atom. The number of fused-ring (bicyclic) bond motifs is 1. The van der Waals surface area contributed by atoms with Gasteiger partial charge in [0.1, 0.15) is 0 Å². The summed E-state index contributed by atoms with van der Waals surface area (Å²) >= 11 is 1.82. The molecule has 0 bridgehead atoms. The summed E-state index contributed by atoms with van der Waals surface area (Å²) in [6.45, 7) is 0. The lowest BCUT2D eigenvalue weighted by Crippen LogP contribution is -2.18. The largest absolute Gasteiger partial charge is 0.326 e. The van der Waals surface area contributed by atoms with Crippen molar-refractivity contribution >= 4 is 23.4 Å². The van der Waals surface area contributed by atoms with E-state index in [1.54, 1.807) is 0 Å². The van der Waals surface area contributed by atoms with Crippen molar-refractivity contribution < 1.29 is 4.79 Å². The van der Waals surface area contributed by atoms with Crippen LogP contribution in [0.25, 0.3) is 0 Å². The highest BCUT2D eigenvalue weighted by atomic mass is 32.2. The van der Waals surface area contributed by atoms with Gasteiger partial charge in [0.05, 0.1) is 0 Å². The van der Waals surface area contributed by atoms with Gasteiger partial charge in [-0.05, 0) is 29.9 Å². The number of aryl methyl sites for hydroxylation is 1. The van der Waals surface area contributed by atoms with Crippen molar-refractivity contribution in [3.05, 3.63) is 29.3 Å². The quantitative estimate of drug-likeness (QED) is 0.807. The fraction of sp³-hybridized carbons (Fsp3) is 0.364. The van der Waals surface area contributed by atoms with Crippen molar-refractivity contribution in [3.8, 4) is 0 Å². The van der Waals surface area contributed by atoms with Crippen molar-refractivity contribution in [2.75, 3.05) is 11.6 Å². The lowest BCUT2D eigenvalue weighted by molar-refractivity contribution is -0.116. The van der Waals surface area contributed by atoms with Crippen LogP contribution in [-0.2, 0) is 17.0 Å². The van der Waals surface area contributed by atoms with Crippen LogP contribution >= 0.6 is 11.8 Å². The topological polar surface area (TPSA) is 29.1 Å². The van der Waals surface area contributed by atoms with E-state index in [4.69, 9.17) is 0 Å². The van der Waals surface area contributed by atoms with Gasteiger partial charge in [-0.2, -0.15) is 11.8 Å². The number of hydrogen-bond acceptors (Lipinski definition) is 2. The Morgan fingerprint density at radius 2 is 2.29 bits per heavy atom. The van der Waals surface area contributed by atoms with Crippen LogP contribution in [0.5, 0.6) is 0 Å². The van der Waals surface area contributed by atoms with Crippen LogP contribution in [0.4, 0.5) is 5.69 Å². The minimum atomic E-state index is 0.134. The monoisotopic (exact) mass is 207 g/mol. The molecule has 0 aliphatic carbocycles. The second-order valence-electron chi connectivity index (χ2n) is 3.47. The smallest absolute Gasteiger partial charge is 0.224 e. The maximum absolute atomic E-state index is 11.1. The van der Waals surface area contributed by atoms with E-state index in [0.717, 1.165) is 17.9 Å². The zero-order valence-corrected chi connectivity index (χ0v) is 8.99. The van der Waals surface area contributed by atoms with E-state index in [1.807, 2.05) is 17.8 Å². The van der Waals surface area contributed by atoms with Crippen LogP contribution in [0.1, 0.15) is 17.5 Å². The highest BCUT2D eigenvalue weighted by Crippen LogP contribution is 2.24. The Kier molecular flexibility index (Phi) is 2.77. The highest BCUT2D eigenvalue weighted by molar-refractivity contribution is 7.97. The molecular formula is C11H13NOS. The van der Waals surface area contributed by atoms with Gasteiger partial charge in [-0.25, -0.2) is 0 Å². The summed E-state index contributed by atoms with van der Waals surface area (Å²) in [4.78, 5) is 11.1. The summed E-state index contributed by atoms with van der Waals surface area (Å²) in [5.41, 5.74) is 3.61. The van der Waals surface area contributed by atoms with Gasteiger partial charge < -0.3 is 5.32 Å². The molecule has 2 nitrogen and oxygen atoms in total. The van der Waals surface area contributed by atoms with Crippen LogP contribution < -0.4 is 5.32 Å². The van der Waals surface area contributed by atoms with Gasteiger partial charge >= 0.3 is 0 Å². The summed E-state index contributed by atoms with van der Waals surface area (Å²) in [5.74, 6) is 1.18. The number of carbonyl (C=O) groups is 1. The lowest BCUT2D eigenvalue weighted by Gasteiger charge is -2.17. The summed E-state index contributed by atoms with van der Waals surface area (Å²) < 4.78 is 0. The maximum Gasteiger partial charge on any atom is 0.224 e. The molecule has 1 N–H and O–H groups in total. The predicted molar refractivity (Wildman–Crippen MR) is 60.6 cm³/mol. The number of nitrogens with one attached hydrogen (secondary N) is 1. The zero-order chi connectivity index (χ0) is 9.97. The first-order chi connectivity index (χ1) is 6.79. The molecule has 1 aliphatic heterocycles. The van der Waals surface area contributed by atoms with E-state index in [1.165, 1.54) is 11.1 Å². The average Bonchev–Trinajstić information content (AvgIpc) is 2.19. The molecule has 0 unspecified atom stereocenters. The first-order valence-electron chi connectivity index (χ1n) is 4.70. The Bertz CT molecular complexity index is 362. The number of anilines is 1. The Labute approximate surface area is 88.1 Å². The van der Waals surface area contributed by atoms with Crippen molar-refractivity contribution in [1.29, 1.82) is 0 Å². The molecule has 0 spiro atoms. The second kappa shape index (κ2) is 4.05. The Hall–Kier alpha value is -0.960. The molecule has 1 heterocycles. The van der Waals surface area contributed by atoms with Gasteiger partial charge in [0.2, 0.25) is 5.91 Å². The molecule has 3 heteroatoms. The molecule has 0 radical (unpaired) electrons. The minimum absolute atomic E-state index is 0.134. The van der Waals surface area contributed by atoms with Gasteiger partial charge in [0.15, 0.2) is 0 Å². The molecule has 0 fully saturated rings. The molecule has 0 saturated carbocycles. The van der Waals surface area contributed by atoms with Crippen LogP contribution in [0.15, 0.2) is 18.2 Å². The molecular weight excluding hydrogens is 194 g/mol. The normalized spacial score (nSPS) is 14.8. The van der Waals surface area contributed by atoms with Crippen molar-refractivity contribution in [3.63, 3.8) is 0 Å². The highest BCUT2D eigenvalue weighted by Gasteiger charge is 2.14. The van der Waals surface area contributed by atoms with Crippen LogP contribution in [-0.4, -0.2) is 12.2 Å². The SMILES string of the molecule is CSCc1ccc2c(c1)CCC(=O)N2. The van der Waals surface area contributed by atoms with Gasteiger partial charge in [0, 0.05) is 17.9 Å². The number of carbonyl (C=O) groups excluding carboxylic acids is 1. The van der Waals surface area contributed by atoms with Gasteiger partial charge in [-0.3, -0.25) is 4.79 Å². The third-order valence-electron chi connectivity index (χ3n) is 2.38. The number of benzene rings is 1. The van der Waals surface area contributed by atoms with E-state index in [0.29, 0.717) is 6.42 Å². The summed E-state index contributed by atoms with van der Waals surface area (Å²) in [7, 11) is 0. The average molecular weight is 207 g/mol. The van der Waals surface area contributed by atoms with E-state index < -0.39 is 0 Å². The molecule has 1 amide bonds. The molecule has 0 atom stereocenters. The summed E-state index contributed by atoms with van der Waals surface area (Å²) in [6.07, 6.45) is 3.60. The molecule has 0 aromatic heterocycles. The Morgan fingerprint density at radius 1 is 1.43 bits per heavy atom. The van der Waals surface area contributed by atoms with Crippen LogP contribution in [0.2, 0.25) is 0 Å². The van der Waals surface area contributed by atoms with Gasteiger partial charge in [-0.15, -0.1) is 0 Å². The number of amides is 1. The maximum atomic E-state index is 11.1. The third-order valence-corrected chi connectivity index (χ3v) is 3.00. The first-order valence-corrected chi connectivity index (χ1v) is 6.09. The van der Waals surface area contributed by atoms with Gasteiger partial charge in [0.25, 0.3) is 0 Å². The van der Waals surface area contributed by atoms with Gasteiger partial charge in [-0.1, -0.05) is 12.1 Å². The lowest BCUT2D eigenvalue weighted by atomic mass is 10.0. The third kappa shape index (κ3) is 1.93. The van der Waals surface area contributed by atoms with Crippen molar-refractivity contribution in [2.45, 2.75) is 18.6 Å². The molecule has 74 valence electrons. The molecule has 14 heavy (non-hydrogen) atoms. The molecule has 1 aromatic carbocycles. The number of rotatable bonds is 2. The predicted octanol–water partition coefficient (Wildman–Crippen LogP) is 2.43. The standard InChI is InChI=1S/C11H13NOS/c1-14-7-8-2-4-10-9(6-8)3-5-11(13)12-10/h2,4,6H,3,5,7H2,1H3,(H,12,13). The van der Waals surface area contributed by atoms with E-state index in [-0.39, 0.29) is 5.91 Å². The molecule has 2 rings (SSSR count). The fourth-order valence-electron chi connectivity index (χ4n) is 1.69. The van der Waals surface area contributed by atoms with Crippen molar-refractivity contribution in [1.82, 2.24) is 0 Å². The fourth-order valence-corrected chi connectivity index (χ4v) is 2.21. The summed E-state index contributed by atoms with van der Waals surface area (Å²) in [6, 6.07) is 6.30. The first kappa shape index (κ1) is 9.59. The minimum Gasteiger partial charge on any atom is -0.326 e. The van der Waals surface area contributed by atoms with E-state index >= 15 is 0 Å². The van der Waals surface area contributed by atoms with E-state index in [9.17, 15) is 4.79 Å². The second-order valence-corrected chi connectivity index (χ2v) is 4.34.